The SMILES string of the molecule is CCCCC1(CCCC)CS(=O)(=O)c2cc(OC)ccc2N(c2ccc([N+](=O)[O-])cc2)C1=O. The number of hydrogen-bond donors (Lipinski definition) is 0. The molecule has 0 bridgehead atoms. The number of anilines is 2. The van der Waals surface area contributed by atoms with Crippen LogP contribution >= 0.6 is 0 Å². The summed E-state index contributed by atoms with van der Waals surface area (Å²) >= 11 is 0. The lowest BCUT2D eigenvalue weighted by molar-refractivity contribution is -0.384. The molecule has 1 aliphatic rings. The van der Waals surface area contributed by atoms with E-state index in [1.807, 2.05) is 13.8 Å². The van der Waals surface area contributed by atoms with Crippen LogP contribution in [0, 0.1) is 15.5 Å². The number of rotatable bonds is 9. The van der Waals surface area contributed by atoms with Gasteiger partial charge in [-0.25, -0.2) is 8.42 Å². The van der Waals surface area contributed by atoms with Gasteiger partial charge in [-0.15, -0.1) is 0 Å². The molecule has 8 nitrogen and oxygen atoms in total. The third kappa shape index (κ3) is 4.88. The summed E-state index contributed by atoms with van der Waals surface area (Å²) in [6.07, 6.45) is 4.02. The van der Waals surface area contributed by atoms with Gasteiger partial charge < -0.3 is 4.74 Å². The molecule has 0 spiro atoms. The van der Waals surface area contributed by atoms with Gasteiger partial charge in [-0.05, 0) is 37.1 Å². The second-order valence-electron chi connectivity index (χ2n) is 8.49. The second kappa shape index (κ2) is 9.91. The monoisotopic (exact) mass is 474 g/mol. The number of nitro benzene ring substituents is 1. The average Bonchev–Trinajstić information content (AvgIpc) is 2.87. The quantitative estimate of drug-likeness (QED) is 0.355. The molecular weight excluding hydrogens is 444 g/mol. The third-order valence-electron chi connectivity index (χ3n) is 6.20. The highest BCUT2D eigenvalue weighted by Crippen LogP contribution is 2.46. The Morgan fingerprint density at radius 1 is 1.06 bits per heavy atom. The van der Waals surface area contributed by atoms with Gasteiger partial charge in [-0.2, -0.15) is 0 Å². The largest absolute Gasteiger partial charge is 0.497 e. The molecule has 2 aromatic carbocycles. The molecule has 3 rings (SSSR count). The van der Waals surface area contributed by atoms with E-state index in [-0.39, 0.29) is 27.9 Å². The van der Waals surface area contributed by atoms with E-state index >= 15 is 0 Å². The van der Waals surface area contributed by atoms with Crippen LogP contribution in [0.2, 0.25) is 0 Å². The molecule has 33 heavy (non-hydrogen) atoms. The molecule has 0 saturated heterocycles. The Kier molecular flexibility index (Phi) is 7.41. The number of methoxy groups -OCH3 is 1. The van der Waals surface area contributed by atoms with E-state index in [0.717, 1.165) is 25.7 Å². The van der Waals surface area contributed by atoms with Gasteiger partial charge in [0.05, 0.1) is 33.8 Å². The summed E-state index contributed by atoms with van der Waals surface area (Å²) < 4.78 is 32.6. The van der Waals surface area contributed by atoms with Gasteiger partial charge in [0.15, 0.2) is 9.84 Å². The van der Waals surface area contributed by atoms with Crippen molar-refractivity contribution in [3.8, 4) is 5.75 Å². The van der Waals surface area contributed by atoms with Gasteiger partial charge in [0.1, 0.15) is 5.75 Å². The molecule has 0 aliphatic carbocycles. The Hall–Kier alpha value is -2.94. The predicted molar refractivity (Wildman–Crippen MR) is 127 cm³/mol. The molecule has 2 aromatic rings. The number of benzene rings is 2. The Labute approximate surface area is 194 Å². The smallest absolute Gasteiger partial charge is 0.269 e. The first-order valence-corrected chi connectivity index (χ1v) is 12.8. The maximum absolute atomic E-state index is 14.2. The van der Waals surface area contributed by atoms with Gasteiger partial charge in [0.25, 0.3) is 5.69 Å². The lowest BCUT2D eigenvalue weighted by Gasteiger charge is -2.35. The fourth-order valence-electron chi connectivity index (χ4n) is 4.40. The Balaban J connectivity index is 2.28. The molecule has 9 heteroatoms. The molecule has 0 N–H and O–H groups in total. The first-order valence-electron chi connectivity index (χ1n) is 11.2. The standard InChI is InChI=1S/C24H30N2O6S/c1-4-6-14-24(15-7-5-2)17-33(30,31)22-16-20(32-3)12-13-21(22)25(23(24)27)18-8-10-19(11-9-18)26(28)29/h8-13,16H,4-7,14-15,17H2,1-3H3. The minimum absolute atomic E-state index is 0.0309. The van der Waals surface area contributed by atoms with Gasteiger partial charge in [-0.3, -0.25) is 19.8 Å². The zero-order valence-electron chi connectivity index (χ0n) is 19.2. The van der Waals surface area contributed by atoms with Crippen LogP contribution in [-0.2, 0) is 14.6 Å². The van der Waals surface area contributed by atoms with Crippen molar-refractivity contribution < 1.29 is 22.9 Å². The average molecular weight is 475 g/mol. The number of carbonyl (C=O) groups is 1. The number of non-ortho nitro benzene ring substituents is 1. The summed E-state index contributed by atoms with van der Waals surface area (Å²) in [5, 5.41) is 11.1. The maximum Gasteiger partial charge on any atom is 0.269 e. The molecule has 0 unspecified atom stereocenters. The number of unbranched alkanes of at least 4 members (excludes halogenated alkanes) is 2. The van der Waals surface area contributed by atoms with Crippen molar-refractivity contribution in [3.63, 3.8) is 0 Å². The van der Waals surface area contributed by atoms with Crippen LogP contribution in [0.3, 0.4) is 0 Å². The molecule has 1 heterocycles. The fourth-order valence-corrected chi connectivity index (χ4v) is 6.47. The van der Waals surface area contributed by atoms with E-state index in [2.05, 4.69) is 0 Å². The van der Waals surface area contributed by atoms with E-state index in [1.54, 1.807) is 12.1 Å². The van der Waals surface area contributed by atoms with Gasteiger partial charge in [-0.1, -0.05) is 39.5 Å². The number of fused-ring (bicyclic) bond motifs is 1. The van der Waals surface area contributed by atoms with Gasteiger partial charge in [0.2, 0.25) is 5.91 Å². The van der Waals surface area contributed by atoms with Gasteiger partial charge in [0, 0.05) is 23.9 Å². The van der Waals surface area contributed by atoms with Crippen LogP contribution < -0.4 is 9.64 Å². The number of nitrogens with zero attached hydrogens (tertiary/aromatic N) is 2. The van der Waals surface area contributed by atoms with E-state index in [0.29, 0.717) is 24.3 Å². The maximum atomic E-state index is 14.2. The van der Waals surface area contributed by atoms with E-state index in [9.17, 15) is 23.3 Å². The summed E-state index contributed by atoms with van der Waals surface area (Å²) in [5.74, 6) is -0.184. The van der Waals surface area contributed by atoms with Crippen molar-refractivity contribution in [3.05, 3.63) is 52.6 Å². The Bertz CT molecular complexity index is 1120. The third-order valence-corrected chi connectivity index (χ3v) is 8.13. The minimum Gasteiger partial charge on any atom is -0.497 e. The highest BCUT2D eigenvalue weighted by molar-refractivity contribution is 7.91. The topological polar surface area (TPSA) is 107 Å². The highest BCUT2D eigenvalue weighted by atomic mass is 32.2. The fraction of sp³-hybridized carbons (Fsp3) is 0.458. The Morgan fingerprint density at radius 2 is 1.67 bits per heavy atom. The van der Waals surface area contributed by atoms with Crippen molar-refractivity contribution in [2.45, 2.75) is 57.3 Å². The summed E-state index contributed by atoms with van der Waals surface area (Å²) in [7, 11) is -2.37. The lowest BCUT2D eigenvalue weighted by atomic mass is 9.78. The van der Waals surface area contributed by atoms with Crippen LogP contribution in [0.1, 0.15) is 52.4 Å². The van der Waals surface area contributed by atoms with E-state index in [1.165, 1.54) is 42.3 Å². The predicted octanol–water partition coefficient (Wildman–Crippen LogP) is 5.42. The number of nitro groups is 1. The number of sulfone groups is 1. The van der Waals surface area contributed by atoms with Crippen LogP contribution in [0.4, 0.5) is 17.1 Å². The summed E-state index contributed by atoms with van der Waals surface area (Å²) in [4.78, 5) is 26.3. The summed E-state index contributed by atoms with van der Waals surface area (Å²) in [6, 6.07) is 10.3. The number of ether oxygens (including phenoxy) is 1. The summed E-state index contributed by atoms with van der Waals surface area (Å²) in [5.41, 5.74) is -0.554. The molecule has 178 valence electrons. The second-order valence-corrected chi connectivity index (χ2v) is 10.5. The van der Waals surface area contributed by atoms with Gasteiger partial charge >= 0.3 is 0 Å². The molecule has 0 radical (unpaired) electrons. The molecule has 0 atom stereocenters. The van der Waals surface area contributed by atoms with Crippen molar-refractivity contribution in [1.29, 1.82) is 0 Å². The highest BCUT2D eigenvalue weighted by Gasteiger charge is 2.48. The van der Waals surface area contributed by atoms with E-state index < -0.39 is 20.2 Å². The minimum atomic E-state index is -3.83. The van der Waals surface area contributed by atoms with Crippen molar-refractivity contribution in [2.75, 3.05) is 17.8 Å². The van der Waals surface area contributed by atoms with Crippen LogP contribution in [0.5, 0.6) is 5.75 Å². The van der Waals surface area contributed by atoms with Crippen molar-refractivity contribution in [2.24, 2.45) is 5.41 Å². The zero-order valence-corrected chi connectivity index (χ0v) is 20.1. The Morgan fingerprint density at radius 3 is 2.18 bits per heavy atom. The van der Waals surface area contributed by atoms with Crippen LogP contribution in [-0.4, -0.2) is 32.1 Å². The molecular formula is C24H30N2O6S. The molecule has 1 aliphatic heterocycles. The molecule has 0 aromatic heterocycles. The number of amides is 1. The molecule has 1 amide bonds. The van der Waals surface area contributed by atoms with Crippen LogP contribution in [0.15, 0.2) is 47.4 Å². The van der Waals surface area contributed by atoms with E-state index in [4.69, 9.17) is 4.74 Å². The van der Waals surface area contributed by atoms with Crippen molar-refractivity contribution >= 4 is 32.8 Å². The molecule has 0 fully saturated rings. The van der Waals surface area contributed by atoms with Crippen LogP contribution in [0.25, 0.3) is 0 Å². The first kappa shape index (κ1) is 24.7. The number of hydrogen-bond acceptors (Lipinski definition) is 6. The summed E-state index contributed by atoms with van der Waals surface area (Å²) in [6.45, 7) is 4.02. The zero-order chi connectivity index (χ0) is 24.2. The number of carbonyl (C=O) groups excluding carboxylic acids is 1. The lowest BCUT2D eigenvalue weighted by Crippen LogP contribution is -2.44. The normalized spacial score (nSPS) is 16.7. The molecule has 0 saturated carbocycles. The first-order chi connectivity index (χ1) is 15.7. The van der Waals surface area contributed by atoms with Crippen molar-refractivity contribution in [1.82, 2.24) is 0 Å².